The van der Waals surface area contributed by atoms with Crippen LogP contribution in [0.5, 0.6) is 0 Å². The summed E-state index contributed by atoms with van der Waals surface area (Å²) in [5, 5.41) is 0. The Labute approximate surface area is 152 Å². The van der Waals surface area contributed by atoms with Crippen molar-refractivity contribution in [2.45, 2.75) is 57.6 Å². The summed E-state index contributed by atoms with van der Waals surface area (Å²) in [6.45, 7) is 10.2. The number of esters is 1. The van der Waals surface area contributed by atoms with Crippen LogP contribution in [-0.2, 0) is 19.6 Å². The van der Waals surface area contributed by atoms with Crippen molar-refractivity contribution in [3.05, 3.63) is 27.8 Å². The van der Waals surface area contributed by atoms with Crippen molar-refractivity contribution in [2.24, 2.45) is 0 Å². The molecule has 1 aromatic carbocycles. The second-order valence-electron chi connectivity index (χ2n) is 7.22. The number of carbonyl (C=O) groups is 1. The first-order valence-electron chi connectivity index (χ1n) is 7.24. The van der Waals surface area contributed by atoms with Gasteiger partial charge in [-0.1, -0.05) is 0 Å². The van der Waals surface area contributed by atoms with Gasteiger partial charge in [-0.2, -0.15) is 4.31 Å². The van der Waals surface area contributed by atoms with Gasteiger partial charge in [0.2, 0.25) is 10.0 Å². The first-order valence-corrected chi connectivity index (χ1v) is 9.75. The summed E-state index contributed by atoms with van der Waals surface area (Å²) < 4.78 is 33.2. The normalized spacial score (nSPS) is 13.2. The fourth-order valence-electron chi connectivity index (χ4n) is 1.91. The SMILES string of the molecule is CC(C)(C)OC(=O)CN(C(C)(C)C)S(=O)(=O)c1ccc(I)cc1. The molecular formula is C16H24INO4S. The summed E-state index contributed by atoms with van der Waals surface area (Å²) in [4.78, 5) is 12.3. The molecule has 0 N–H and O–H groups in total. The molecule has 0 saturated carbocycles. The first-order chi connectivity index (χ1) is 10.2. The average Bonchev–Trinajstić information content (AvgIpc) is 2.33. The minimum Gasteiger partial charge on any atom is -0.459 e. The van der Waals surface area contributed by atoms with Crippen molar-refractivity contribution in [3.63, 3.8) is 0 Å². The van der Waals surface area contributed by atoms with Crippen molar-refractivity contribution < 1.29 is 17.9 Å². The van der Waals surface area contributed by atoms with Gasteiger partial charge in [-0.15, -0.1) is 0 Å². The highest BCUT2D eigenvalue weighted by molar-refractivity contribution is 14.1. The van der Waals surface area contributed by atoms with Crippen LogP contribution in [0.25, 0.3) is 0 Å². The molecule has 0 fully saturated rings. The van der Waals surface area contributed by atoms with Crippen LogP contribution in [0.15, 0.2) is 29.2 Å². The number of hydrogen-bond donors (Lipinski definition) is 0. The Kier molecular flexibility index (Phi) is 6.26. The third kappa shape index (κ3) is 6.04. The lowest BCUT2D eigenvalue weighted by atomic mass is 10.1. The number of ether oxygens (including phenoxy) is 1. The molecule has 7 heteroatoms. The predicted octanol–water partition coefficient (Wildman–Crippen LogP) is 3.42. The summed E-state index contributed by atoms with van der Waals surface area (Å²) in [6.07, 6.45) is 0. The molecule has 0 spiro atoms. The Balaban J connectivity index is 3.16. The molecule has 0 amide bonds. The van der Waals surface area contributed by atoms with E-state index in [4.69, 9.17) is 4.74 Å². The second kappa shape index (κ2) is 7.06. The molecule has 0 aliphatic rings. The third-order valence-corrected chi connectivity index (χ3v) is 5.69. The monoisotopic (exact) mass is 453 g/mol. The Hall–Kier alpha value is -0.670. The number of sulfonamides is 1. The molecule has 0 bridgehead atoms. The van der Waals surface area contributed by atoms with E-state index in [1.807, 2.05) is 0 Å². The number of carbonyl (C=O) groups excluding carboxylic acids is 1. The van der Waals surface area contributed by atoms with Crippen molar-refractivity contribution in [1.82, 2.24) is 4.31 Å². The molecular weight excluding hydrogens is 429 g/mol. The van der Waals surface area contributed by atoms with Crippen LogP contribution in [0.2, 0.25) is 0 Å². The van der Waals surface area contributed by atoms with Crippen molar-refractivity contribution in [3.8, 4) is 0 Å². The Morgan fingerprint density at radius 2 is 1.57 bits per heavy atom. The topological polar surface area (TPSA) is 63.7 Å². The zero-order chi connectivity index (χ0) is 18.1. The molecule has 0 aromatic heterocycles. The van der Waals surface area contributed by atoms with E-state index in [1.54, 1.807) is 65.8 Å². The van der Waals surface area contributed by atoms with E-state index >= 15 is 0 Å². The van der Waals surface area contributed by atoms with Crippen LogP contribution in [0.4, 0.5) is 0 Å². The van der Waals surface area contributed by atoms with Gasteiger partial charge in [0.1, 0.15) is 12.1 Å². The van der Waals surface area contributed by atoms with Gasteiger partial charge < -0.3 is 4.74 Å². The minimum atomic E-state index is -3.80. The van der Waals surface area contributed by atoms with Gasteiger partial charge in [-0.3, -0.25) is 4.79 Å². The molecule has 23 heavy (non-hydrogen) atoms. The minimum absolute atomic E-state index is 0.163. The van der Waals surface area contributed by atoms with E-state index in [0.717, 1.165) is 3.57 Å². The molecule has 0 atom stereocenters. The lowest BCUT2D eigenvalue weighted by molar-refractivity contribution is -0.155. The van der Waals surface area contributed by atoms with Crippen LogP contribution in [-0.4, -0.2) is 36.4 Å². The number of nitrogens with zero attached hydrogens (tertiary/aromatic N) is 1. The van der Waals surface area contributed by atoms with Crippen LogP contribution in [0.1, 0.15) is 41.5 Å². The number of rotatable bonds is 4. The lowest BCUT2D eigenvalue weighted by Gasteiger charge is -2.34. The summed E-state index contributed by atoms with van der Waals surface area (Å²) in [6, 6.07) is 6.54. The highest BCUT2D eigenvalue weighted by Gasteiger charge is 2.36. The maximum atomic E-state index is 12.9. The van der Waals surface area contributed by atoms with Gasteiger partial charge in [-0.05, 0) is 88.4 Å². The van der Waals surface area contributed by atoms with Crippen molar-refractivity contribution >= 4 is 38.6 Å². The van der Waals surface area contributed by atoms with Crippen LogP contribution >= 0.6 is 22.6 Å². The quantitative estimate of drug-likeness (QED) is 0.518. The molecule has 1 aromatic rings. The summed E-state index contributed by atoms with van der Waals surface area (Å²) in [7, 11) is -3.80. The standard InChI is InChI=1S/C16H24INO4S/c1-15(2,3)18(11-14(19)22-16(4,5)6)23(20,21)13-9-7-12(17)8-10-13/h7-10H,11H2,1-6H3. The van der Waals surface area contributed by atoms with Gasteiger partial charge in [0.25, 0.3) is 0 Å². The first kappa shape index (κ1) is 20.4. The second-order valence-corrected chi connectivity index (χ2v) is 10.3. The highest BCUT2D eigenvalue weighted by Crippen LogP contribution is 2.25. The van der Waals surface area contributed by atoms with E-state index in [1.165, 1.54) is 4.31 Å². The molecule has 0 unspecified atom stereocenters. The van der Waals surface area contributed by atoms with Gasteiger partial charge in [0.05, 0.1) is 4.90 Å². The average molecular weight is 453 g/mol. The number of benzene rings is 1. The summed E-state index contributed by atoms with van der Waals surface area (Å²) >= 11 is 2.11. The number of halogens is 1. The largest absolute Gasteiger partial charge is 0.459 e. The van der Waals surface area contributed by atoms with Crippen molar-refractivity contribution in [2.75, 3.05) is 6.54 Å². The van der Waals surface area contributed by atoms with Crippen LogP contribution < -0.4 is 0 Å². The Morgan fingerprint density at radius 1 is 1.09 bits per heavy atom. The fraction of sp³-hybridized carbons (Fsp3) is 0.562. The summed E-state index contributed by atoms with van der Waals surface area (Å²) in [5.74, 6) is -0.568. The van der Waals surface area contributed by atoms with Crippen molar-refractivity contribution in [1.29, 1.82) is 0 Å². The van der Waals surface area contributed by atoms with E-state index in [0.29, 0.717) is 0 Å². The summed E-state index contributed by atoms with van der Waals surface area (Å²) in [5.41, 5.74) is -1.41. The van der Waals surface area contributed by atoms with E-state index in [-0.39, 0.29) is 11.4 Å². The Bertz CT molecular complexity index is 655. The highest BCUT2D eigenvalue weighted by atomic mass is 127. The molecule has 0 radical (unpaired) electrons. The molecule has 0 heterocycles. The predicted molar refractivity (Wildman–Crippen MR) is 98.6 cm³/mol. The third-order valence-electron chi connectivity index (χ3n) is 2.84. The van der Waals surface area contributed by atoms with E-state index in [9.17, 15) is 13.2 Å². The maximum Gasteiger partial charge on any atom is 0.321 e. The zero-order valence-electron chi connectivity index (χ0n) is 14.4. The fourth-order valence-corrected chi connectivity index (χ4v) is 4.00. The van der Waals surface area contributed by atoms with Gasteiger partial charge in [-0.25, -0.2) is 8.42 Å². The molecule has 0 saturated heterocycles. The van der Waals surface area contributed by atoms with Crippen LogP contribution in [0, 0.1) is 3.57 Å². The van der Waals surface area contributed by atoms with E-state index in [2.05, 4.69) is 22.6 Å². The van der Waals surface area contributed by atoms with Gasteiger partial charge in [0.15, 0.2) is 0 Å². The maximum absolute atomic E-state index is 12.9. The molecule has 5 nitrogen and oxygen atoms in total. The lowest BCUT2D eigenvalue weighted by Crippen LogP contribution is -2.49. The zero-order valence-corrected chi connectivity index (χ0v) is 17.4. The van der Waals surface area contributed by atoms with Gasteiger partial charge in [0, 0.05) is 9.11 Å². The smallest absolute Gasteiger partial charge is 0.321 e. The Morgan fingerprint density at radius 3 is 1.96 bits per heavy atom. The molecule has 1 rings (SSSR count). The molecule has 130 valence electrons. The molecule has 0 aliphatic carbocycles. The van der Waals surface area contributed by atoms with Crippen LogP contribution in [0.3, 0.4) is 0 Å². The molecule has 0 aliphatic heterocycles. The van der Waals surface area contributed by atoms with Gasteiger partial charge >= 0.3 is 5.97 Å². The van der Waals surface area contributed by atoms with E-state index < -0.39 is 27.1 Å². The number of hydrogen-bond acceptors (Lipinski definition) is 4.